The molecule has 0 spiro atoms. The lowest BCUT2D eigenvalue weighted by Crippen LogP contribution is -1.65. The number of hydrogen-bond donors (Lipinski definition) is 0. The van der Waals surface area contributed by atoms with E-state index in [2.05, 4.69) is 26.3 Å². The van der Waals surface area contributed by atoms with Crippen molar-refractivity contribution >= 4 is 35.7 Å². The van der Waals surface area contributed by atoms with Gasteiger partial charge in [0.25, 0.3) is 0 Å². The van der Waals surface area contributed by atoms with Crippen molar-refractivity contribution in [3.8, 4) is 0 Å². The fraction of sp³-hybridized carbons (Fsp3) is 1.00. The summed E-state index contributed by atoms with van der Waals surface area (Å²) in [5.74, 6) is 0. The van der Waals surface area contributed by atoms with Crippen molar-refractivity contribution in [3.63, 3.8) is 0 Å². The van der Waals surface area contributed by atoms with Crippen molar-refractivity contribution < 1.29 is 0 Å². The van der Waals surface area contributed by atoms with Gasteiger partial charge in [0.15, 0.2) is 0 Å². The van der Waals surface area contributed by atoms with Gasteiger partial charge in [0.1, 0.15) is 0 Å². The van der Waals surface area contributed by atoms with Gasteiger partial charge in [0.2, 0.25) is 0 Å². The van der Waals surface area contributed by atoms with E-state index in [-0.39, 0.29) is 6.81 Å². The van der Waals surface area contributed by atoms with Crippen LogP contribution in [-0.4, -0.2) is 26.3 Å². The van der Waals surface area contributed by atoms with Crippen LogP contribution in [0.2, 0.25) is 0 Å². The molecule has 0 aliphatic rings. The second-order valence-corrected chi connectivity index (χ2v) is 17.7. The Morgan fingerprint density at radius 2 is 1.88 bits per heavy atom. The van der Waals surface area contributed by atoms with E-state index in [9.17, 15) is 0 Å². The maximum Gasteiger partial charge on any atom is -0.0138 e. The number of rotatable bonds is 2. The van der Waals surface area contributed by atoms with Gasteiger partial charge in [-0.3, -0.25) is 0 Å². The molecule has 0 unspecified atom stereocenters. The molecule has 0 nitrogen and oxygen atoms in total. The molecule has 0 saturated heterocycles. The standard InChI is InChI=1S/C4H12P2S2/c1-5(8-4)6(2,3)7/h1-4H3/t5-/m1/s1. The summed E-state index contributed by atoms with van der Waals surface area (Å²) in [6.45, 7) is 6.86. The third-order valence-electron chi connectivity index (χ3n) is 0.943. The second-order valence-electron chi connectivity index (χ2n) is 1.94. The summed E-state index contributed by atoms with van der Waals surface area (Å²) in [6.07, 6.45) is 2.15. The fourth-order valence-electron chi connectivity index (χ4n) is 0.197. The van der Waals surface area contributed by atoms with E-state index in [0.29, 0.717) is 0 Å². The Bertz CT molecular complexity index is 107. The molecule has 0 aromatic heterocycles. The van der Waals surface area contributed by atoms with Gasteiger partial charge in [-0.2, -0.15) is 0 Å². The van der Waals surface area contributed by atoms with Crippen LogP contribution in [0, 0.1) is 0 Å². The molecule has 0 aromatic rings. The molecule has 0 heterocycles. The lowest BCUT2D eigenvalue weighted by Gasteiger charge is -2.16. The van der Waals surface area contributed by atoms with Crippen LogP contribution in [0.4, 0.5) is 0 Å². The predicted octanol–water partition coefficient (Wildman–Crippen LogP) is 3.03. The van der Waals surface area contributed by atoms with Gasteiger partial charge >= 0.3 is 0 Å². The normalized spacial score (nSPS) is 16.0. The molecule has 0 saturated carbocycles. The Labute approximate surface area is 62.2 Å². The SMILES string of the molecule is CS[P@](C)P(C)(C)=S. The third kappa shape index (κ3) is 3.45. The minimum atomic E-state index is -0.896. The van der Waals surface area contributed by atoms with E-state index in [0.717, 1.165) is 0 Å². The third-order valence-corrected chi connectivity index (χ3v) is 16.8. The maximum absolute atomic E-state index is 5.33. The van der Waals surface area contributed by atoms with E-state index in [1.807, 2.05) is 11.4 Å². The first-order valence-corrected chi connectivity index (χ1v) is 10.3. The van der Waals surface area contributed by atoms with E-state index in [1.54, 1.807) is 0 Å². The fourth-order valence-corrected chi connectivity index (χ4v) is 7.11. The molecule has 1 atom stereocenters. The second kappa shape index (κ2) is 3.56. The molecule has 8 heavy (non-hydrogen) atoms. The first-order valence-electron chi connectivity index (χ1n) is 2.32. The van der Waals surface area contributed by atoms with E-state index in [1.165, 1.54) is 0 Å². The molecule has 0 aliphatic heterocycles. The highest BCUT2D eigenvalue weighted by Crippen LogP contribution is 2.75. The van der Waals surface area contributed by atoms with Crippen LogP contribution in [0.15, 0.2) is 0 Å². The molecule has 0 amide bonds. The van der Waals surface area contributed by atoms with Crippen LogP contribution in [0.1, 0.15) is 0 Å². The molecule has 0 N–H and O–H groups in total. The Morgan fingerprint density at radius 1 is 1.50 bits per heavy atom. The minimum absolute atomic E-state index is 0.123. The maximum atomic E-state index is 5.33. The molecule has 0 bridgehead atoms. The van der Waals surface area contributed by atoms with Crippen LogP contribution >= 0.6 is 23.9 Å². The van der Waals surface area contributed by atoms with Gasteiger partial charge in [0, 0.05) is 0 Å². The monoisotopic (exact) mass is 186 g/mol. The highest BCUT2D eigenvalue weighted by Gasteiger charge is 2.10. The Morgan fingerprint density at radius 3 is 1.88 bits per heavy atom. The largest absolute Gasteiger partial charge is 0.132 e. The van der Waals surface area contributed by atoms with E-state index >= 15 is 0 Å². The van der Waals surface area contributed by atoms with Crippen molar-refractivity contribution in [1.82, 2.24) is 0 Å². The molecule has 4 heteroatoms. The molecule has 50 valence electrons. The van der Waals surface area contributed by atoms with Gasteiger partial charge in [-0.15, -0.1) is 11.4 Å². The van der Waals surface area contributed by atoms with E-state index in [4.69, 9.17) is 11.8 Å². The Balaban J connectivity index is 3.82. The van der Waals surface area contributed by atoms with Crippen molar-refractivity contribution in [2.45, 2.75) is 0 Å². The summed E-state index contributed by atoms with van der Waals surface area (Å²) < 4.78 is 0. The van der Waals surface area contributed by atoms with Crippen molar-refractivity contribution in [3.05, 3.63) is 0 Å². The lowest BCUT2D eigenvalue weighted by molar-refractivity contribution is 2.27. The quantitative estimate of drug-likeness (QED) is 0.608. The smallest absolute Gasteiger partial charge is 0.0138 e. The van der Waals surface area contributed by atoms with Gasteiger partial charge in [-0.1, -0.05) is 11.8 Å². The number of hydrogen-bond acceptors (Lipinski definition) is 2. The summed E-state index contributed by atoms with van der Waals surface area (Å²) in [5.41, 5.74) is -0.896. The van der Waals surface area contributed by atoms with Gasteiger partial charge in [-0.05, 0) is 38.8 Å². The molecule has 0 radical (unpaired) electrons. The van der Waals surface area contributed by atoms with Gasteiger partial charge in [0.05, 0.1) is 0 Å². The zero-order chi connectivity index (χ0) is 6.78. The zero-order valence-electron chi connectivity index (χ0n) is 5.71. The Kier molecular flexibility index (Phi) is 4.20. The highest BCUT2D eigenvalue weighted by atomic mass is 33.0. The molecule has 0 fully saturated rings. The van der Waals surface area contributed by atoms with Crippen LogP contribution in [-0.2, 0) is 11.8 Å². The van der Waals surface area contributed by atoms with Crippen LogP contribution in [0.3, 0.4) is 0 Å². The summed E-state index contributed by atoms with van der Waals surface area (Å²) >= 11 is 7.27. The summed E-state index contributed by atoms with van der Waals surface area (Å²) in [6, 6.07) is 0. The van der Waals surface area contributed by atoms with Crippen LogP contribution in [0.5, 0.6) is 0 Å². The molecule has 0 rings (SSSR count). The van der Waals surface area contributed by atoms with Crippen molar-refractivity contribution in [2.75, 3.05) is 26.3 Å². The summed E-state index contributed by atoms with van der Waals surface area (Å²) in [5, 5.41) is 0. The summed E-state index contributed by atoms with van der Waals surface area (Å²) in [7, 11) is 0. The van der Waals surface area contributed by atoms with Crippen LogP contribution < -0.4 is 0 Å². The average molecular weight is 186 g/mol. The van der Waals surface area contributed by atoms with Gasteiger partial charge in [-0.25, -0.2) is 0 Å². The predicted molar refractivity (Wildman–Crippen MR) is 52.5 cm³/mol. The van der Waals surface area contributed by atoms with Crippen molar-refractivity contribution in [1.29, 1.82) is 0 Å². The zero-order valence-corrected chi connectivity index (χ0v) is 9.13. The van der Waals surface area contributed by atoms with Crippen LogP contribution in [0.25, 0.3) is 0 Å². The topological polar surface area (TPSA) is 0 Å². The van der Waals surface area contributed by atoms with Gasteiger partial charge < -0.3 is 0 Å². The first kappa shape index (κ1) is 9.43. The van der Waals surface area contributed by atoms with Crippen molar-refractivity contribution in [2.24, 2.45) is 0 Å². The summed E-state index contributed by atoms with van der Waals surface area (Å²) in [4.78, 5) is 0. The molecule has 0 aliphatic carbocycles. The molecular weight excluding hydrogens is 174 g/mol. The lowest BCUT2D eigenvalue weighted by atomic mass is 11.9. The highest BCUT2D eigenvalue weighted by molar-refractivity contribution is 8.83. The average Bonchev–Trinajstić information content (AvgIpc) is 1.62. The molecule has 0 aromatic carbocycles. The van der Waals surface area contributed by atoms with E-state index < -0.39 is 5.73 Å². The Hall–Kier alpha value is 1.43. The minimum Gasteiger partial charge on any atom is -0.132 e. The first-order chi connectivity index (χ1) is 3.48. The molecular formula is C4H12P2S2.